The van der Waals surface area contributed by atoms with E-state index >= 15 is 0 Å². The van der Waals surface area contributed by atoms with Crippen LogP contribution in [0.2, 0.25) is 0 Å². The fourth-order valence-corrected chi connectivity index (χ4v) is 1.87. The van der Waals surface area contributed by atoms with Gasteiger partial charge in [-0.3, -0.25) is 4.90 Å². The predicted molar refractivity (Wildman–Crippen MR) is 57.1 cm³/mol. The number of hydrogen-bond acceptors (Lipinski definition) is 2. The van der Waals surface area contributed by atoms with Crippen LogP contribution in [-0.2, 0) is 4.74 Å². The molecule has 1 saturated heterocycles. The predicted octanol–water partition coefficient (Wildman–Crippen LogP) is 2.35. The molecule has 2 nitrogen and oxygen atoms in total. The summed E-state index contributed by atoms with van der Waals surface area (Å²) in [7, 11) is 0. The van der Waals surface area contributed by atoms with E-state index in [2.05, 4.69) is 43.0 Å². The summed E-state index contributed by atoms with van der Waals surface area (Å²) in [5.74, 6) is 0. The zero-order valence-electron chi connectivity index (χ0n) is 8.86. The molecule has 0 aliphatic carbocycles. The lowest BCUT2D eigenvalue weighted by molar-refractivity contribution is 0.0353. The SMILES string of the molecule is CCN1CCO[C@H]1c1ccc(C)cc1. The molecule has 1 aliphatic heterocycles. The Labute approximate surface area is 85.5 Å². The summed E-state index contributed by atoms with van der Waals surface area (Å²) in [5.41, 5.74) is 2.57. The van der Waals surface area contributed by atoms with Crippen molar-refractivity contribution < 1.29 is 4.74 Å². The van der Waals surface area contributed by atoms with E-state index in [0.717, 1.165) is 19.7 Å². The average Bonchev–Trinajstić information content (AvgIpc) is 2.67. The molecule has 14 heavy (non-hydrogen) atoms. The van der Waals surface area contributed by atoms with Crippen LogP contribution in [0, 0.1) is 6.92 Å². The van der Waals surface area contributed by atoms with Gasteiger partial charge in [0.05, 0.1) is 6.61 Å². The summed E-state index contributed by atoms with van der Waals surface area (Å²) in [6.45, 7) is 7.24. The van der Waals surface area contributed by atoms with E-state index in [1.54, 1.807) is 0 Å². The molecule has 0 spiro atoms. The summed E-state index contributed by atoms with van der Waals surface area (Å²) in [6, 6.07) is 8.61. The van der Waals surface area contributed by atoms with E-state index in [9.17, 15) is 0 Å². The Morgan fingerprint density at radius 2 is 2.07 bits per heavy atom. The number of benzene rings is 1. The van der Waals surface area contributed by atoms with E-state index in [1.807, 2.05) is 0 Å². The number of likely N-dealkylation sites (N-methyl/N-ethyl adjacent to an activating group) is 1. The molecule has 0 N–H and O–H groups in total. The zero-order chi connectivity index (χ0) is 9.97. The Bertz CT molecular complexity index is 294. The van der Waals surface area contributed by atoms with E-state index in [4.69, 9.17) is 4.74 Å². The third kappa shape index (κ3) is 1.81. The highest BCUT2D eigenvalue weighted by molar-refractivity contribution is 5.23. The van der Waals surface area contributed by atoms with Crippen LogP contribution in [0.15, 0.2) is 24.3 Å². The first-order valence-corrected chi connectivity index (χ1v) is 5.23. The van der Waals surface area contributed by atoms with Gasteiger partial charge < -0.3 is 4.74 Å². The minimum absolute atomic E-state index is 0.181. The normalized spacial score (nSPS) is 22.9. The second-order valence-electron chi connectivity index (χ2n) is 3.76. The number of hydrogen-bond donors (Lipinski definition) is 0. The fourth-order valence-electron chi connectivity index (χ4n) is 1.87. The lowest BCUT2D eigenvalue weighted by Gasteiger charge is -2.21. The number of nitrogens with zero attached hydrogens (tertiary/aromatic N) is 1. The van der Waals surface area contributed by atoms with Crippen LogP contribution in [0.5, 0.6) is 0 Å². The largest absolute Gasteiger partial charge is 0.358 e. The summed E-state index contributed by atoms with van der Waals surface area (Å²) in [4.78, 5) is 2.35. The molecule has 0 aromatic heterocycles. The first-order chi connectivity index (χ1) is 6.81. The van der Waals surface area contributed by atoms with Gasteiger partial charge in [0, 0.05) is 6.54 Å². The van der Waals surface area contributed by atoms with Gasteiger partial charge >= 0.3 is 0 Å². The van der Waals surface area contributed by atoms with Crippen molar-refractivity contribution in [3.05, 3.63) is 35.4 Å². The third-order valence-electron chi connectivity index (χ3n) is 2.75. The summed E-state index contributed by atoms with van der Waals surface area (Å²) >= 11 is 0. The molecule has 0 unspecified atom stereocenters. The second kappa shape index (κ2) is 4.11. The molecular weight excluding hydrogens is 174 g/mol. The first kappa shape index (κ1) is 9.69. The van der Waals surface area contributed by atoms with Crippen molar-refractivity contribution in [1.82, 2.24) is 4.90 Å². The molecular formula is C12H17NO. The lowest BCUT2D eigenvalue weighted by atomic mass is 10.1. The van der Waals surface area contributed by atoms with Gasteiger partial charge in [0.25, 0.3) is 0 Å². The van der Waals surface area contributed by atoms with E-state index < -0.39 is 0 Å². The van der Waals surface area contributed by atoms with Crippen LogP contribution in [-0.4, -0.2) is 24.6 Å². The highest BCUT2D eigenvalue weighted by atomic mass is 16.5. The molecule has 0 radical (unpaired) electrons. The van der Waals surface area contributed by atoms with Crippen LogP contribution in [0.25, 0.3) is 0 Å². The standard InChI is InChI=1S/C12H17NO/c1-3-13-8-9-14-12(13)11-6-4-10(2)5-7-11/h4-7,12H,3,8-9H2,1-2H3/t12-/m0/s1. The van der Waals surface area contributed by atoms with E-state index in [0.29, 0.717) is 0 Å². The molecule has 1 fully saturated rings. The van der Waals surface area contributed by atoms with Crippen molar-refractivity contribution in [2.75, 3.05) is 19.7 Å². The van der Waals surface area contributed by atoms with E-state index in [-0.39, 0.29) is 6.23 Å². The third-order valence-corrected chi connectivity index (χ3v) is 2.75. The topological polar surface area (TPSA) is 12.5 Å². The lowest BCUT2D eigenvalue weighted by Crippen LogP contribution is -2.23. The number of rotatable bonds is 2. The molecule has 1 heterocycles. The highest BCUT2D eigenvalue weighted by Crippen LogP contribution is 2.26. The molecule has 0 amide bonds. The van der Waals surface area contributed by atoms with Gasteiger partial charge in [0.2, 0.25) is 0 Å². The first-order valence-electron chi connectivity index (χ1n) is 5.23. The Morgan fingerprint density at radius 3 is 2.71 bits per heavy atom. The maximum atomic E-state index is 5.71. The molecule has 2 rings (SSSR count). The Morgan fingerprint density at radius 1 is 1.36 bits per heavy atom. The molecule has 1 atom stereocenters. The molecule has 1 aliphatic rings. The van der Waals surface area contributed by atoms with Gasteiger partial charge in [-0.15, -0.1) is 0 Å². The van der Waals surface area contributed by atoms with Gasteiger partial charge in [0.1, 0.15) is 6.23 Å². The van der Waals surface area contributed by atoms with Crippen molar-refractivity contribution in [1.29, 1.82) is 0 Å². The van der Waals surface area contributed by atoms with E-state index in [1.165, 1.54) is 11.1 Å². The Kier molecular flexibility index (Phi) is 2.85. The molecule has 1 aromatic rings. The summed E-state index contributed by atoms with van der Waals surface area (Å²) < 4.78 is 5.71. The molecule has 76 valence electrons. The average molecular weight is 191 g/mol. The minimum Gasteiger partial charge on any atom is -0.358 e. The van der Waals surface area contributed by atoms with Crippen molar-refractivity contribution in [2.45, 2.75) is 20.1 Å². The summed E-state index contributed by atoms with van der Waals surface area (Å²) in [5, 5.41) is 0. The number of ether oxygens (including phenoxy) is 1. The monoisotopic (exact) mass is 191 g/mol. The van der Waals surface area contributed by atoms with Crippen LogP contribution >= 0.6 is 0 Å². The summed E-state index contributed by atoms with van der Waals surface area (Å²) in [6.07, 6.45) is 0.181. The van der Waals surface area contributed by atoms with Gasteiger partial charge in [-0.2, -0.15) is 0 Å². The molecule has 0 saturated carbocycles. The van der Waals surface area contributed by atoms with Gasteiger partial charge in [-0.25, -0.2) is 0 Å². The van der Waals surface area contributed by atoms with Crippen LogP contribution < -0.4 is 0 Å². The van der Waals surface area contributed by atoms with Crippen molar-refractivity contribution in [3.63, 3.8) is 0 Å². The Hall–Kier alpha value is -0.860. The second-order valence-corrected chi connectivity index (χ2v) is 3.76. The smallest absolute Gasteiger partial charge is 0.136 e. The van der Waals surface area contributed by atoms with Crippen molar-refractivity contribution in [2.24, 2.45) is 0 Å². The molecule has 1 aromatic carbocycles. The van der Waals surface area contributed by atoms with Gasteiger partial charge in [0.15, 0.2) is 0 Å². The van der Waals surface area contributed by atoms with Crippen LogP contribution in [0.4, 0.5) is 0 Å². The van der Waals surface area contributed by atoms with Crippen molar-refractivity contribution in [3.8, 4) is 0 Å². The zero-order valence-corrected chi connectivity index (χ0v) is 8.86. The van der Waals surface area contributed by atoms with Crippen LogP contribution in [0.3, 0.4) is 0 Å². The molecule has 0 bridgehead atoms. The fraction of sp³-hybridized carbons (Fsp3) is 0.500. The Balaban J connectivity index is 2.17. The maximum Gasteiger partial charge on any atom is 0.136 e. The maximum absolute atomic E-state index is 5.71. The quantitative estimate of drug-likeness (QED) is 0.711. The molecule has 2 heteroatoms. The van der Waals surface area contributed by atoms with Gasteiger partial charge in [-0.05, 0) is 19.0 Å². The minimum atomic E-state index is 0.181. The van der Waals surface area contributed by atoms with Gasteiger partial charge in [-0.1, -0.05) is 36.8 Å². The highest BCUT2D eigenvalue weighted by Gasteiger charge is 2.24. The van der Waals surface area contributed by atoms with Crippen molar-refractivity contribution >= 4 is 0 Å². The number of aryl methyl sites for hydroxylation is 1. The van der Waals surface area contributed by atoms with Crippen LogP contribution in [0.1, 0.15) is 24.3 Å².